The van der Waals surface area contributed by atoms with E-state index in [1.54, 1.807) is 26.2 Å². The van der Waals surface area contributed by atoms with Crippen molar-refractivity contribution in [3.05, 3.63) is 30.1 Å². The van der Waals surface area contributed by atoms with Gasteiger partial charge in [-0.2, -0.15) is 0 Å². The predicted molar refractivity (Wildman–Crippen MR) is 69.3 cm³/mol. The highest BCUT2D eigenvalue weighted by Crippen LogP contribution is 2.07. The molecule has 0 spiro atoms. The molecule has 0 aromatic heterocycles. The first-order chi connectivity index (χ1) is 7.99. The van der Waals surface area contributed by atoms with E-state index in [9.17, 15) is 9.18 Å². The second-order valence-electron chi connectivity index (χ2n) is 3.60. The van der Waals surface area contributed by atoms with Crippen molar-refractivity contribution in [1.29, 1.82) is 0 Å². The largest absolute Gasteiger partial charge is 0.353 e. The third-order valence-electron chi connectivity index (χ3n) is 2.00. The SMILES string of the molecule is CN(C)C(=O)CNC(=S)Nc1ccc(F)cc1. The summed E-state index contributed by atoms with van der Waals surface area (Å²) < 4.78 is 12.6. The van der Waals surface area contributed by atoms with E-state index in [0.29, 0.717) is 10.8 Å². The Morgan fingerprint density at radius 1 is 1.35 bits per heavy atom. The minimum Gasteiger partial charge on any atom is -0.353 e. The van der Waals surface area contributed by atoms with Gasteiger partial charge < -0.3 is 15.5 Å². The standard InChI is InChI=1S/C11H14FN3OS/c1-15(2)10(16)7-13-11(17)14-9-5-3-8(12)4-6-9/h3-6H,7H2,1-2H3,(H2,13,14,17). The van der Waals surface area contributed by atoms with Gasteiger partial charge in [-0.15, -0.1) is 0 Å². The van der Waals surface area contributed by atoms with Gasteiger partial charge in [0.2, 0.25) is 5.91 Å². The monoisotopic (exact) mass is 255 g/mol. The number of halogens is 1. The maximum Gasteiger partial charge on any atom is 0.241 e. The summed E-state index contributed by atoms with van der Waals surface area (Å²) in [6.45, 7) is 0.125. The van der Waals surface area contributed by atoms with Crippen LogP contribution in [0.25, 0.3) is 0 Å². The van der Waals surface area contributed by atoms with Gasteiger partial charge in [-0.3, -0.25) is 4.79 Å². The fourth-order valence-electron chi connectivity index (χ4n) is 1.02. The molecule has 1 rings (SSSR count). The molecule has 0 atom stereocenters. The van der Waals surface area contributed by atoms with Crippen LogP contribution in [0.3, 0.4) is 0 Å². The van der Waals surface area contributed by atoms with Crippen LogP contribution >= 0.6 is 12.2 Å². The van der Waals surface area contributed by atoms with Gasteiger partial charge in [0, 0.05) is 19.8 Å². The number of thiocarbonyl (C=S) groups is 1. The number of amides is 1. The van der Waals surface area contributed by atoms with E-state index < -0.39 is 0 Å². The Hall–Kier alpha value is -1.69. The van der Waals surface area contributed by atoms with Crippen LogP contribution in [-0.2, 0) is 4.79 Å². The predicted octanol–water partition coefficient (Wildman–Crippen LogP) is 1.20. The van der Waals surface area contributed by atoms with Crippen molar-refractivity contribution in [2.75, 3.05) is 26.0 Å². The van der Waals surface area contributed by atoms with Gasteiger partial charge in [0.15, 0.2) is 5.11 Å². The van der Waals surface area contributed by atoms with E-state index >= 15 is 0 Å². The number of nitrogens with one attached hydrogen (secondary N) is 2. The maximum atomic E-state index is 12.6. The van der Waals surface area contributed by atoms with Crippen molar-refractivity contribution in [3.63, 3.8) is 0 Å². The van der Waals surface area contributed by atoms with E-state index in [-0.39, 0.29) is 18.3 Å². The molecule has 0 aliphatic heterocycles. The maximum absolute atomic E-state index is 12.6. The average Bonchev–Trinajstić information content (AvgIpc) is 2.29. The third kappa shape index (κ3) is 4.78. The molecule has 0 aliphatic carbocycles. The molecule has 17 heavy (non-hydrogen) atoms. The lowest BCUT2D eigenvalue weighted by molar-refractivity contribution is -0.127. The van der Waals surface area contributed by atoms with Crippen LogP contribution in [0.2, 0.25) is 0 Å². The number of hydrogen-bond donors (Lipinski definition) is 2. The molecular weight excluding hydrogens is 241 g/mol. The normalized spacial score (nSPS) is 9.59. The second-order valence-corrected chi connectivity index (χ2v) is 4.01. The number of anilines is 1. The zero-order valence-electron chi connectivity index (χ0n) is 9.66. The van der Waals surface area contributed by atoms with Crippen LogP contribution in [0.15, 0.2) is 24.3 Å². The molecule has 1 aromatic carbocycles. The highest BCUT2D eigenvalue weighted by molar-refractivity contribution is 7.80. The number of carbonyl (C=O) groups excluding carboxylic acids is 1. The lowest BCUT2D eigenvalue weighted by atomic mass is 10.3. The summed E-state index contributed by atoms with van der Waals surface area (Å²) in [5.74, 6) is -0.384. The van der Waals surface area contributed by atoms with Crippen molar-refractivity contribution < 1.29 is 9.18 Å². The summed E-state index contributed by atoms with van der Waals surface area (Å²) in [4.78, 5) is 12.7. The Morgan fingerprint density at radius 3 is 2.47 bits per heavy atom. The first kappa shape index (κ1) is 13.4. The Labute approximate surface area is 105 Å². The van der Waals surface area contributed by atoms with Crippen LogP contribution in [-0.4, -0.2) is 36.6 Å². The van der Waals surface area contributed by atoms with Gasteiger partial charge in [0.25, 0.3) is 0 Å². The van der Waals surface area contributed by atoms with Crippen LogP contribution in [0, 0.1) is 5.82 Å². The van der Waals surface area contributed by atoms with Crippen LogP contribution in [0.4, 0.5) is 10.1 Å². The zero-order chi connectivity index (χ0) is 12.8. The van der Waals surface area contributed by atoms with E-state index in [1.807, 2.05) is 0 Å². The number of nitrogens with zero attached hydrogens (tertiary/aromatic N) is 1. The van der Waals surface area contributed by atoms with Crippen molar-refractivity contribution >= 4 is 28.9 Å². The molecule has 1 amide bonds. The molecule has 0 aliphatic rings. The lowest BCUT2D eigenvalue weighted by Crippen LogP contribution is -2.38. The molecule has 0 heterocycles. The fourth-order valence-corrected chi connectivity index (χ4v) is 1.21. The minimum absolute atomic E-state index is 0.0757. The van der Waals surface area contributed by atoms with Gasteiger partial charge in [-0.25, -0.2) is 4.39 Å². The quantitative estimate of drug-likeness (QED) is 0.797. The van der Waals surface area contributed by atoms with Gasteiger partial charge in [-0.1, -0.05) is 0 Å². The van der Waals surface area contributed by atoms with E-state index in [0.717, 1.165) is 0 Å². The van der Waals surface area contributed by atoms with E-state index in [2.05, 4.69) is 10.6 Å². The lowest BCUT2D eigenvalue weighted by Gasteiger charge is -2.13. The zero-order valence-corrected chi connectivity index (χ0v) is 10.5. The summed E-state index contributed by atoms with van der Waals surface area (Å²) in [6.07, 6.45) is 0. The van der Waals surface area contributed by atoms with Gasteiger partial charge in [0.1, 0.15) is 5.82 Å². The summed E-state index contributed by atoms with van der Waals surface area (Å²) >= 11 is 4.99. The molecular formula is C11H14FN3OS. The molecule has 2 N–H and O–H groups in total. The summed E-state index contributed by atoms with van der Waals surface area (Å²) in [5, 5.41) is 5.93. The van der Waals surface area contributed by atoms with E-state index in [1.165, 1.54) is 17.0 Å². The molecule has 0 bridgehead atoms. The number of likely N-dealkylation sites (N-methyl/N-ethyl adjacent to an activating group) is 1. The Bertz CT molecular complexity index is 406. The highest BCUT2D eigenvalue weighted by atomic mass is 32.1. The summed E-state index contributed by atoms with van der Waals surface area (Å²) in [7, 11) is 3.33. The first-order valence-electron chi connectivity index (χ1n) is 4.99. The number of benzene rings is 1. The highest BCUT2D eigenvalue weighted by Gasteiger charge is 2.04. The van der Waals surface area contributed by atoms with Crippen molar-refractivity contribution in [1.82, 2.24) is 10.2 Å². The number of hydrogen-bond acceptors (Lipinski definition) is 2. The first-order valence-corrected chi connectivity index (χ1v) is 5.40. The Balaban J connectivity index is 2.40. The third-order valence-corrected chi connectivity index (χ3v) is 2.25. The van der Waals surface area contributed by atoms with Gasteiger partial charge in [-0.05, 0) is 36.5 Å². The molecule has 6 heteroatoms. The molecule has 0 fully saturated rings. The molecule has 4 nitrogen and oxygen atoms in total. The Morgan fingerprint density at radius 2 is 1.94 bits per heavy atom. The minimum atomic E-state index is -0.308. The van der Waals surface area contributed by atoms with Crippen molar-refractivity contribution in [2.45, 2.75) is 0 Å². The van der Waals surface area contributed by atoms with Crippen LogP contribution < -0.4 is 10.6 Å². The number of rotatable bonds is 3. The van der Waals surface area contributed by atoms with Gasteiger partial charge >= 0.3 is 0 Å². The Kier molecular flexibility index (Phi) is 4.84. The van der Waals surface area contributed by atoms with Gasteiger partial charge in [0.05, 0.1) is 6.54 Å². The molecule has 0 saturated heterocycles. The molecule has 1 aromatic rings. The summed E-state index contributed by atoms with van der Waals surface area (Å²) in [5.41, 5.74) is 0.668. The molecule has 0 saturated carbocycles. The van der Waals surface area contributed by atoms with Crippen LogP contribution in [0.1, 0.15) is 0 Å². The van der Waals surface area contributed by atoms with Crippen molar-refractivity contribution in [2.24, 2.45) is 0 Å². The average molecular weight is 255 g/mol. The van der Waals surface area contributed by atoms with E-state index in [4.69, 9.17) is 12.2 Å². The topological polar surface area (TPSA) is 44.4 Å². The van der Waals surface area contributed by atoms with Crippen molar-refractivity contribution in [3.8, 4) is 0 Å². The van der Waals surface area contributed by atoms with Crippen LogP contribution in [0.5, 0.6) is 0 Å². The molecule has 92 valence electrons. The summed E-state index contributed by atoms with van der Waals surface area (Å²) in [6, 6.07) is 5.79. The molecule has 0 unspecified atom stereocenters. The smallest absolute Gasteiger partial charge is 0.241 e. The molecule has 0 radical (unpaired) electrons. The second kappa shape index (κ2) is 6.15. The number of carbonyl (C=O) groups is 1. The fraction of sp³-hybridized carbons (Fsp3) is 0.273.